The molecule has 1 unspecified atom stereocenters. The lowest BCUT2D eigenvalue weighted by atomic mass is 9.59. The molecule has 5 saturated heterocycles. The highest BCUT2D eigenvalue weighted by Crippen LogP contribution is 2.51. The number of carbonyl (C=O) groups excluding carboxylic acids is 5. The number of aromatic amines is 1. The van der Waals surface area contributed by atoms with Crippen molar-refractivity contribution in [1.29, 1.82) is 0 Å². The van der Waals surface area contributed by atoms with Crippen molar-refractivity contribution in [2.24, 2.45) is 23.2 Å². The second-order valence-electron chi connectivity index (χ2n) is 24.1. The molecule has 6 aliphatic rings. The summed E-state index contributed by atoms with van der Waals surface area (Å²) in [6.45, 7) is 7.03. The number of fused-ring (bicyclic) bond motifs is 1. The molecular formula is C64H76F3N9O7. The summed E-state index contributed by atoms with van der Waals surface area (Å²) in [5, 5.41) is 14.2. The maximum atomic E-state index is 15.2. The van der Waals surface area contributed by atoms with E-state index in [1.54, 1.807) is 45.0 Å². The van der Waals surface area contributed by atoms with E-state index in [1.807, 2.05) is 35.2 Å². The van der Waals surface area contributed by atoms with Crippen molar-refractivity contribution >= 4 is 40.3 Å². The highest BCUT2D eigenvalue weighted by molar-refractivity contribution is 5.98. The van der Waals surface area contributed by atoms with E-state index in [1.165, 1.54) is 18.2 Å². The number of benzene rings is 4. The van der Waals surface area contributed by atoms with Gasteiger partial charge < -0.3 is 35.0 Å². The number of nitrogens with zero attached hydrogens (tertiary/aromatic N) is 6. The highest BCUT2D eigenvalue weighted by atomic mass is 19.1. The number of halogens is 3. The van der Waals surface area contributed by atoms with Gasteiger partial charge in [0.25, 0.3) is 17.4 Å². The van der Waals surface area contributed by atoms with Crippen LogP contribution in [0.2, 0.25) is 0 Å². The van der Waals surface area contributed by atoms with Crippen LogP contribution in [-0.4, -0.2) is 162 Å². The molecule has 3 N–H and O–H groups in total. The lowest BCUT2D eigenvalue weighted by molar-refractivity contribution is -0.195. The third kappa shape index (κ3) is 13.1. The monoisotopic (exact) mass is 1140 g/mol. The Morgan fingerprint density at radius 1 is 0.675 bits per heavy atom. The van der Waals surface area contributed by atoms with Gasteiger partial charge in [0.1, 0.15) is 23.5 Å². The Morgan fingerprint density at radius 2 is 1.40 bits per heavy atom. The van der Waals surface area contributed by atoms with Gasteiger partial charge >= 0.3 is 0 Å². The lowest BCUT2D eigenvalue weighted by Crippen LogP contribution is -2.60. The van der Waals surface area contributed by atoms with E-state index in [4.69, 9.17) is 4.74 Å². The van der Waals surface area contributed by atoms with Crippen molar-refractivity contribution in [3.63, 3.8) is 0 Å². The van der Waals surface area contributed by atoms with Crippen molar-refractivity contribution in [3.05, 3.63) is 146 Å². The number of piperazine rings is 1. The lowest BCUT2D eigenvalue weighted by Gasteiger charge is -2.56. The summed E-state index contributed by atoms with van der Waals surface area (Å²) in [7, 11) is 0. The second kappa shape index (κ2) is 25.9. The number of ether oxygens (including phenoxy) is 1. The van der Waals surface area contributed by atoms with Gasteiger partial charge in [0.2, 0.25) is 17.7 Å². The van der Waals surface area contributed by atoms with E-state index in [9.17, 15) is 37.5 Å². The number of rotatable bonds is 16. The van der Waals surface area contributed by atoms with Crippen LogP contribution in [0, 0.1) is 40.6 Å². The first kappa shape index (κ1) is 57.8. The first-order valence-electron chi connectivity index (χ1n) is 30.0. The molecule has 19 heteroatoms. The summed E-state index contributed by atoms with van der Waals surface area (Å²) in [5.41, 5.74) is 2.73. The van der Waals surface area contributed by atoms with Gasteiger partial charge in [0.05, 0.1) is 42.9 Å². The molecule has 5 amide bonds. The number of amides is 5. The van der Waals surface area contributed by atoms with Crippen LogP contribution >= 0.6 is 0 Å². The van der Waals surface area contributed by atoms with E-state index in [0.717, 1.165) is 95.3 Å². The summed E-state index contributed by atoms with van der Waals surface area (Å²) in [5.74, 6) is -1.83. The second-order valence-corrected chi connectivity index (χ2v) is 24.1. The Labute approximate surface area is 482 Å². The number of hydrogen-bond acceptors (Lipinski definition) is 10. The van der Waals surface area contributed by atoms with Gasteiger partial charge in [0.15, 0.2) is 0 Å². The molecular weight excluding hydrogens is 1060 g/mol. The van der Waals surface area contributed by atoms with Crippen molar-refractivity contribution in [2.75, 3.05) is 91.8 Å². The van der Waals surface area contributed by atoms with Crippen LogP contribution in [0.1, 0.15) is 120 Å². The molecule has 5 aliphatic heterocycles. The maximum Gasteiger partial charge on any atom is 0.272 e. The molecule has 1 aromatic heterocycles. The van der Waals surface area contributed by atoms with Crippen LogP contribution in [0.25, 0.3) is 10.8 Å². The van der Waals surface area contributed by atoms with Gasteiger partial charge in [0, 0.05) is 99.2 Å². The number of piperidine rings is 3. The van der Waals surface area contributed by atoms with Gasteiger partial charge in [-0.3, -0.25) is 33.7 Å². The number of hydrogen-bond donors (Lipinski definition) is 3. The quantitative estimate of drug-likeness (QED) is 0.0927. The molecule has 1 aliphatic carbocycles. The van der Waals surface area contributed by atoms with Crippen molar-refractivity contribution in [1.82, 2.24) is 45.3 Å². The standard InChI is InChI=1S/C64H76F3N9O7/c65-50-17-16-46(55(67)35-50)36-68-37-57(77)76-23-7-12-47(38-76)44-10-6-11-45(34-44)60(79)69-59(43-8-2-1-3-9-43)63(82)74-26-21-49(22-27-74)64(40-83-41-64)48-19-24-72(25-20-48)39-58(78)73-28-30-75(31-29-73)62(81)53-32-42(15-18-54(53)66)33-56-51-13-4-5-14-52(51)61(80)71-70-56/h4-6,10-11,13-18,32,34-35,43,47-49,59,68H,1-3,7-9,12,19-31,33,36-41H2,(H,69,79)(H,71,80)/t47?,59-/m1/s1. The highest BCUT2D eigenvalue weighted by Gasteiger charge is 2.52. The Balaban J connectivity index is 0.638. The molecule has 6 heterocycles. The topological polar surface area (TPSA) is 181 Å². The van der Waals surface area contributed by atoms with Crippen molar-refractivity contribution < 1.29 is 41.9 Å². The smallest absolute Gasteiger partial charge is 0.272 e. The minimum absolute atomic E-state index is 0.00625. The molecule has 4 aromatic carbocycles. The fourth-order valence-electron chi connectivity index (χ4n) is 14.2. The third-order valence-corrected chi connectivity index (χ3v) is 19.1. The van der Waals surface area contributed by atoms with E-state index in [2.05, 4.69) is 25.7 Å². The Kier molecular flexibility index (Phi) is 18.0. The van der Waals surface area contributed by atoms with Crippen LogP contribution in [0.15, 0.2) is 89.7 Å². The SMILES string of the molecule is O=C(N[C@@H](C(=O)N1CCC(C2(C3CCN(CC(=O)N4CCN(C(=O)c5cc(Cc6n[nH]c(=O)c7ccccc67)ccc5F)CC4)CC3)COC2)CC1)C1CCCCC1)c1cccc(C2CCCN(C(=O)CNCc3ccc(F)cc3F)C2)c1. The molecule has 0 radical (unpaired) electrons. The van der Waals surface area contributed by atoms with Crippen LogP contribution in [0.4, 0.5) is 13.2 Å². The molecule has 83 heavy (non-hydrogen) atoms. The first-order valence-corrected chi connectivity index (χ1v) is 30.0. The van der Waals surface area contributed by atoms with Crippen LogP contribution < -0.4 is 16.2 Å². The number of nitrogens with one attached hydrogen (secondary N) is 3. The van der Waals surface area contributed by atoms with Crippen molar-refractivity contribution in [3.8, 4) is 0 Å². The average molecular weight is 1140 g/mol. The Bertz CT molecular complexity index is 3230. The molecule has 440 valence electrons. The number of likely N-dealkylation sites (tertiary alicyclic amines) is 3. The van der Waals surface area contributed by atoms with Gasteiger partial charge in [-0.1, -0.05) is 61.7 Å². The molecule has 2 atom stereocenters. The zero-order valence-corrected chi connectivity index (χ0v) is 47.2. The molecule has 5 aromatic rings. The normalized spacial score (nSPS) is 20.7. The van der Waals surface area contributed by atoms with Crippen LogP contribution in [0.5, 0.6) is 0 Å². The summed E-state index contributed by atoms with van der Waals surface area (Å²) in [6.07, 6.45) is 10.5. The third-order valence-electron chi connectivity index (χ3n) is 19.1. The molecule has 0 bridgehead atoms. The summed E-state index contributed by atoms with van der Waals surface area (Å²) >= 11 is 0. The first-order chi connectivity index (χ1) is 40.3. The van der Waals surface area contributed by atoms with E-state index < -0.39 is 29.4 Å². The van der Waals surface area contributed by atoms with Crippen molar-refractivity contribution in [2.45, 2.75) is 95.6 Å². The summed E-state index contributed by atoms with van der Waals surface area (Å²) < 4.78 is 48.8. The molecule has 11 rings (SSSR count). The van der Waals surface area contributed by atoms with E-state index in [0.29, 0.717) is 118 Å². The Morgan fingerprint density at radius 3 is 2.12 bits per heavy atom. The zero-order valence-electron chi connectivity index (χ0n) is 47.2. The van der Waals surface area contributed by atoms with Gasteiger partial charge in [-0.2, -0.15) is 5.10 Å². The van der Waals surface area contributed by atoms with Crippen LogP contribution in [-0.2, 0) is 32.1 Å². The maximum absolute atomic E-state index is 15.2. The zero-order chi connectivity index (χ0) is 57.6. The van der Waals surface area contributed by atoms with E-state index in [-0.39, 0.29) is 70.7 Å². The van der Waals surface area contributed by atoms with Gasteiger partial charge in [-0.05, 0) is 130 Å². The molecule has 16 nitrogen and oxygen atoms in total. The van der Waals surface area contributed by atoms with Gasteiger partial charge in [-0.25, -0.2) is 18.3 Å². The van der Waals surface area contributed by atoms with Gasteiger partial charge in [-0.15, -0.1) is 0 Å². The fourth-order valence-corrected chi connectivity index (χ4v) is 14.2. The Hall–Kier alpha value is -6.96. The summed E-state index contributed by atoms with van der Waals surface area (Å²) in [4.78, 5) is 91.4. The molecule has 6 fully saturated rings. The number of aromatic nitrogens is 2. The largest absolute Gasteiger partial charge is 0.380 e. The molecule has 0 spiro atoms. The average Bonchev–Trinajstić information content (AvgIpc) is 3.70. The predicted molar refractivity (Wildman–Crippen MR) is 307 cm³/mol. The molecule has 1 saturated carbocycles. The number of carbonyl (C=O) groups is 5. The minimum atomic E-state index is -0.659. The predicted octanol–water partition coefficient (Wildman–Crippen LogP) is 7.06. The van der Waals surface area contributed by atoms with Crippen LogP contribution in [0.3, 0.4) is 0 Å². The fraction of sp³-hybridized carbons (Fsp3) is 0.516. The number of H-pyrrole nitrogens is 1. The summed E-state index contributed by atoms with van der Waals surface area (Å²) in [6, 6.07) is 22.0. The van der Waals surface area contributed by atoms with E-state index >= 15 is 4.39 Å². The minimum Gasteiger partial charge on any atom is -0.380 e.